The molecule has 7 nitrogen and oxygen atoms in total. The average Bonchev–Trinajstić information content (AvgIpc) is 3.06. The summed E-state index contributed by atoms with van der Waals surface area (Å²) in [5.41, 5.74) is 3.94. The number of hydrogen-bond donors (Lipinski definition) is 2. The molecule has 1 aliphatic carbocycles. The zero-order chi connectivity index (χ0) is 23.3. The fourth-order valence-corrected chi connectivity index (χ4v) is 3.82. The predicted octanol–water partition coefficient (Wildman–Crippen LogP) is 3.79. The third-order valence-electron chi connectivity index (χ3n) is 5.34. The number of rotatable bonds is 7. The van der Waals surface area contributed by atoms with Gasteiger partial charge in [-0.2, -0.15) is 0 Å². The molecule has 0 bridgehead atoms. The van der Waals surface area contributed by atoms with Crippen LogP contribution in [0.3, 0.4) is 0 Å². The molecule has 0 aliphatic heterocycles. The van der Waals surface area contributed by atoms with Crippen LogP contribution in [0.4, 0.5) is 4.79 Å². The third kappa shape index (κ3) is 5.35. The van der Waals surface area contributed by atoms with Gasteiger partial charge in [0.2, 0.25) is 5.91 Å². The Morgan fingerprint density at radius 3 is 2.12 bits per heavy atom. The van der Waals surface area contributed by atoms with Gasteiger partial charge in [0.05, 0.1) is 0 Å². The van der Waals surface area contributed by atoms with E-state index in [4.69, 9.17) is 9.84 Å². The minimum atomic E-state index is -1.08. The Labute approximate surface area is 187 Å². The van der Waals surface area contributed by atoms with E-state index in [0.29, 0.717) is 0 Å². The molecule has 2 amide bonds. The number of hydrogen-bond acceptors (Lipinski definition) is 4. The van der Waals surface area contributed by atoms with E-state index in [1.54, 1.807) is 20.8 Å². The first kappa shape index (κ1) is 23.1. The molecule has 0 spiro atoms. The zero-order valence-corrected chi connectivity index (χ0v) is 18.5. The number of carboxylic acid groups (broad SMARTS) is 1. The van der Waals surface area contributed by atoms with E-state index in [0.717, 1.165) is 22.3 Å². The number of carbonyl (C=O) groups excluding carboxylic acids is 2. The number of nitrogens with zero attached hydrogens (tertiary/aromatic N) is 1. The molecular formula is C25H28N2O5. The summed E-state index contributed by atoms with van der Waals surface area (Å²) in [4.78, 5) is 36.8. The van der Waals surface area contributed by atoms with Gasteiger partial charge in [-0.05, 0) is 43.0 Å². The topological polar surface area (TPSA) is 95.9 Å². The fourth-order valence-electron chi connectivity index (χ4n) is 3.82. The molecule has 0 radical (unpaired) electrons. The molecule has 0 saturated carbocycles. The molecule has 32 heavy (non-hydrogen) atoms. The summed E-state index contributed by atoms with van der Waals surface area (Å²) in [5, 5.41) is 11.6. The Morgan fingerprint density at radius 2 is 1.59 bits per heavy atom. The van der Waals surface area contributed by atoms with Crippen molar-refractivity contribution in [3.05, 3.63) is 71.8 Å². The summed E-state index contributed by atoms with van der Waals surface area (Å²) >= 11 is 0. The zero-order valence-electron chi connectivity index (χ0n) is 18.5. The fraction of sp³-hybridized carbons (Fsp3) is 0.320. The van der Waals surface area contributed by atoms with Gasteiger partial charge in [-0.3, -0.25) is 9.59 Å². The first-order valence-electron chi connectivity index (χ1n) is 10.5. The number of nitrogens with one attached hydrogen (secondary N) is 1. The lowest BCUT2D eigenvalue weighted by Crippen LogP contribution is -2.47. The van der Waals surface area contributed by atoms with Crippen molar-refractivity contribution in [2.24, 2.45) is 0 Å². The number of aliphatic carboxylic acids is 1. The van der Waals surface area contributed by atoms with Crippen molar-refractivity contribution in [1.82, 2.24) is 10.2 Å². The maximum atomic E-state index is 12.3. The van der Waals surface area contributed by atoms with Gasteiger partial charge >= 0.3 is 12.1 Å². The van der Waals surface area contributed by atoms with Gasteiger partial charge in [-0.25, -0.2) is 4.79 Å². The number of amides is 2. The quantitative estimate of drug-likeness (QED) is 0.644. The van der Waals surface area contributed by atoms with Crippen LogP contribution in [0.5, 0.6) is 0 Å². The van der Waals surface area contributed by atoms with Gasteiger partial charge in [0.15, 0.2) is 0 Å². The average molecular weight is 437 g/mol. The molecular weight excluding hydrogens is 408 g/mol. The van der Waals surface area contributed by atoms with Crippen LogP contribution in [0.1, 0.15) is 37.8 Å². The summed E-state index contributed by atoms with van der Waals surface area (Å²) in [5.74, 6) is -1.55. The van der Waals surface area contributed by atoms with E-state index in [1.807, 2.05) is 36.4 Å². The van der Waals surface area contributed by atoms with Crippen LogP contribution in [0.25, 0.3) is 11.1 Å². The van der Waals surface area contributed by atoms with Gasteiger partial charge in [-0.1, -0.05) is 54.6 Å². The van der Waals surface area contributed by atoms with Crippen molar-refractivity contribution >= 4 is 18.0 Å². The van der Waals surface area contributed by atoms with Crippen LogP contribution < -0.4 is 5.32 Å². The molecule has 0 unspecified atom stereocenters. The number of ether oxygens (including phenoxy) is 1. The first-order chi connectivity index (χ1) is 15.2. The smallest absolute Gasteiger partial charge is 0.407 e. The standard InChI is InChI=1S/C25H28N2O5/c1-25(2,3)27(15-23(29)30)22(28)13-8-14-26-24(31)32-16-21-19-11-6-4-9-17(19)18-10-5-7-12-20(18)21/h4-13,21H,14-16H2,1-3H3,(H,26,31)(H,29,30)/b13-8+. The van der Waals surface area contributed by atoms with Crippen LogP contribution in [0, 0.1) is 0 Å². The maximum Gasteiger partial charge on any atom is 0.407 e. The maximum absolute atomic E-state index is 12.3. The predicted molar refractivity (Wildman–Crippen MR) is 121 cm³/mol. The van der Waals surface area contributed by atoms with E-state index >= 15 is 0 Å². The molecule has 2 N–H and O–H groups in total. The lowest BCUT2D eigenvalue weighted by atomic mass is 9.98. The van der Waals surface area contributed by atoms with Crippen LogP contribution >= 0.6 is 0 Å². The number of benzene rings is 2. The molecule has 7 heteroatoms. The van der Waals surface area contributed by atoms with E-state index in [-0.39, 0.29) is 19.1 Å². The van der Waals surface area contributed by atoms with E-state index in [2.05, 4.69) is 17.4 Å². The second-order valence-corrected chi connectivity index (χ2v) is 8.60. The number of fused-ring (bicyclic) bond motifs is 3. The minimum Gasteiger partial charge on any atom is -0.480 e. The molecule has 2 aromatic carbocycles. The summed E-state index contributed by atoms with van der Waals surface area (Å²) in [6, 6.07) is 16.2. The second-order valence-electron chi connectivity index (χ2n) is 8.60. The summed E-state index contributed by atoms with van der Waals surface area (Å²) in [6.45, 7) is 5.18. The Kier molecular flexibility index (Phi) is 6.98. The van der Waals surface area contributed by atoms with E-state index in [9.17, 15) is 14.4 Å². The van der Waals surface area contributed by atoms with E-state index < -0.39 is 30.1 Å². The molecule has 0 atom stereocenters. The second kappa shape index (κ2) is 9.68. The highest BCUT2D eigenvalue weighted by Gasteiger charge is 2.29. The molecule has 168 valence electrons. The van der Waals surface area contributed by atoms with Gasteiger partial charge in [0, 0.05) is 24.1 Å². The van der Waals surface area contributed by atoms with Gasteiger partial charge in [0.1, 0.15) is 13.2 Å². The number of alkyl carbamates (subject to hydrolysis) is 1. The third-order valence-corrected chi connectivity index (χ3v) is 5.34. The lowest BCUT2D eigenvalue weighted by molar-refractivity contribution is -0.145. The van der Waals surface area contributed by atoms with Crippen molar-refractivity contribution < 1.29 is 24.2 Å². The number of carboxylic acids is 1. The van der Waals surface area contributed by atoms with E-state index in [1.165, 1.54) is 17.1 Å². The summed E-state index contributed by atoms with van der Waals surface area (Å²) < 4.78 is 5.44. The highest BCUT2D eigenvalue weighted by Crippen LogP contribution is 2.44. The molecule has 1 aliphatic rings. The Balaban J connectivity index is 1.53. The first-order valence-corrected chi connectivity index (χ1v) is 10.5. The summed E-state index contributed by atoms with van der Waals surface area (Å²) in [7, 11) is 0. The Bertz CT molecular complexity index is 993. The van der Waals surface area contributed by atoms with Crippen molar-refractivity contribution in [2.75, 3.05) is 19.7 Å². The Hall–Kier alpha value is -3.61. The largest absolute Gasteiger partial charge is 0.480 e. The van der Waals surface area contributed by atoms with Crippen molar-refractivity contribution in [3.8, 4) is 11.1 Å². The van der Waals surface area contributed by atoms with Crippen molar-refractivity contribution in [2.45, 2.75) is 32.2 Å². The van der Waals surface area contributed by atoms with Gasteiger partial charge in [0.25, 0.3) is 0 Å². The molecule has 0 fully saturated rings. The SMILES string of the molecule is CC(C)(C)N(CC(=O)O)C(=O)/C=C/CNC(=O)OCC1c2ccccc2-c2ccccc21. The van der Waals surface area contributed by atoms with Gasteiger partial charge in [-0.15, -0.1) is 0 Å². The lowest BCUT2D eigenvalue weighted by Gasteiger charge is -2.33. The molecule has 2 aromatic rings. The highest BCUT2D eigenvalue weighted by molar-refractivity contribution is 5.90. The van der Waals surface area contributed by atoms with Crippen molar-refractivity contribution in [3.63, 3.8) is 0 Å². The number of carbonyl (C=O) groups is 3. The summed E-state index contributed by atoms with van der Waals surface area (Å²) in [6.07, 6.45) is 2.16. The minimum absolute atomic E-state index is 0.0263. The van der Waals surface area contributed by atoms with Crippen LogP contribution in [-0.2, 0) is 14.3 Å². The monoisotopic (exact) mass is 436 g/mol. The van der Waals surface area contributed by atoms with Crippen LogP contribution in [-0.4, -0.2) is 53.2 Å². The molecule has 0 aromatic heterocycles. The van der Waals surface area contributed by atoms with Crippen LogP contribution in [0.15, 0.2) is 60.7 Å². The normalized spacial score (nSPS) is 12.8. The Morgan fingerprint density at radius 1 is 1.03 bits per heavy atom. The molecule has 3 rings (SSSR count). The molecule has 0 heterocycles. The van der Waals surface area contributed by atoms with Gasteiger partial charge < -0.3 is 20.1 Å². The van der Waals surface area contributed by atoms with Crippen molar-refractivity contribution in [1.29, 1.82) is 0 Å². The van der Waals surface area contributed by atoms with Crippen LogP contribution in [0.2, 0.25) is 0 Å². The molecule has 0 saturated heterocycles. The highest BCUT2D eigenvalue weighted by atomic mass is 16.5.